The van der Waals surface area contributed by atoms with Crippen LogP contribution in [0.4, 0.5) is 16.2 Å². The zero-order chi connectivity index (χ0) is 23.5. The van der Waals surface area contributed by atoms with Crippen LogP contribution >= 0.6 is 0 Å². The summed E-state index contributed by atoms with van der Waals surface area (Å²) in [5, 5.41) is 32.2. The molecule has 0 bridgehead atoms. The predicted octanol–water partition coefficient (Wildman–Crippen LogP) is 2.09. The fourth-order valence-corrected chi connectivity index (χ4v) is 3.99. The summed E-state index contributed by atoms with van der Waals surface area (Å²) in [5.74, 6) is 0.336. The molecule has 3 aromatic heterocycles. The number of aliphatic hydroxyl groups excluding tert-OH is 1. The highest BCUT2D eigenvalue weighted by Crippen LogP contribution is 2.38. The molecular weight excluding hydrogens is 431 g/mol. The van der Waals surface area contributed by atoms with Gasteiger partial charge in [0.05, 0.1) is 18.4 Å². The smallest absolute Gasteiger partial charge is 0.215 e. The van der Waals surface area contributed by atoms with Crippen molar-refractivity contribution in [2.45, 2.75) is 63.9 Å². The first-order valence-electron chi connectivity index (χ1n) is 10.7. The maximum atomic E-state index is 15.0. The SMILES string of the molecule is COCc1cn2c(Nc3cc([C@H]4CC[C@@H](OC(O)NC(C)C)[C@@H]4F)[nH]n3)nc(C#N)cc2n1. The van der Waals surface area contributed by atoms with Crippen LogP contribution in [0.15, 0.2) is 18.3 Å². The van der Waals surface area contributed by atoms with Gasteiger partial charge in [-0.05, 0) is 26.7 Å². The highest BCUT2D eigenvalue weighted by molar-refractivity contribution is 5.56. The molecule has 1 unspecified atom stereocenters. The van der Waals surface area contributed by atoms with E-state index >= 15 is 4.39 Å². The topological polar surface area (TPSA) is 145 Å². The van der Waals surface area contributed by atoms with E-state index in [-0.39, 0.29) is 11.7 Å². The number of hydrogen-bond acceptors (Lipinski definition) is 9. The van der Waals surface area contributed by atoms with Gasteiger partial charge in [0.15, 0.2) is 5.82 Å². The van der Waals surface area contributed by atoms with E-state index < -0.39 is 24.6 Å². The first-order valence-corrected chi connectivity index (χ1v) is 10.7. The number of rotatable bonds is 9. The van der Waals surface area contributed by atoms with Gasteiger partial charge in [-0.3, -0.25) is 14.8 Å². The zero-order valence-corrected chi connectivity index (χ0v) is 18.6. The molecule has 12 heteroatoms. The van der Waals surface area contributed by atoms with Crippen molar-refractivity contribution in [3.63, 3.8) is 0 Å². The Morgan fingerprint density at radius 3 is 2.91 bits per heavy atom. The van der Waals surface area contributed by atoms with Crippen molar-refractivity contribution in [3.05, 3.63) is 35.4 Å². The van der Waals surface area contributed by atoms with Crippen LogP contribution in [0, 0.1) is 11.3 Å². The van der Waals surface area contributed by atoms with E-state index in [0.717, 1.165) is 0 Å². The van der Waals surface area contributed by atoms with Crippen molar-refractivity contribution < 1.29 is 19.0 Å². The highest BCUT2D eigenvalue weighted by Gasteiger charge is 2.40. The number of fused-ring (bicyclic) bond motifs is 1. The highest BCUT2D eigenvalue weighted by atomic mass is 19.1. The van der Waals surface area contributed by atoms with Gasteiger partial charge < -0.3 is 19.9 Å². The lowest BCUT2D eigenvalue weighted by Crippen LogP contribution is -2.40. The summed E-state index contributed by atoms with van der Waals surface area (Å²) < 4.78 is 27.3. The molecule has 33 heavy (non-hydrogen) atoms. The molecule has 11 nitrogen and oxygen atoms in total. The van der Waals surface area contributed by atoms with Crippen molar-refractivity contribution in [1.29, 1.82) is 5.26 Å². The van der Waals surface area contributed by atoms with Crippen LogP contribution in [0.2, 0.25) is 0 Å². The maximum Gasteiger partial charge on any atom is 0.215 e. The minimum atomic E-state index is -1.29. The number of anilines is 2. The minimum absolute atomic E-state index is 0.0113. The predicted molar refractivity (Wildman–Crippen MR) is 116 cm³/mol. The molecule has 1 fully saturated rings. The summed E-state index contributed by atoms with van der Waals surface area (Å²) in [6.45, 7) is 4.06. The van der Waals surface area contributed by atoms with Gasteiger partial charge in [-0.1, -0.05) is 0 Å². The summed E-state index contributed by atoms with van der Waals surface area (Å²) in [5.41, 5.74) is 2.04. The van der Waals surface area contributed by atoms with E-state index in [2.05, 4.69) is 30.8 Å². The van der Waals surface area contributed by atoms with Crippen molar-refractivity contribution in [3.8, 4) is 6.07 Å². The van der Waals surface area contributed by atoms with Gasteiger partial charge in [0.25, 0.3) is 0 Å². The third-order valence-electron chi connectivity index (χ3n) is 5.43. The molecule has 4 rings (SSSR count). The average Bonchev–Trinajstić information content (AvgIpc) is 3.47. The van der Waals surface area contributed by atoms with Crippen molar-refractivity contribution in [2.24, 2.45) is 0 Å². The summed E-state index contributed by atoms with van der Waals surface area (Å²) in [7, 11) is 1.58. The lowest BCUT2D eigenvalue weighted by molar-refractivity contribution is -0.168. The maximum absolute atomic E-state index is 15.0. The molecule has 0 spiro atoms. The Morgan fingerprint density at radius 2 is 2.18 bits per heavy atom. The molecular formula is C21H27FN8O3. The molecule has 0 radical (unpaired) electrons. The molecule has 4 N–H and O–H groups in total. The molecule has 0 aromatic carbocycles. The Labute approximate surface area is 189 Å². The second-order valence-electron chi connectivity index (χ2n) is 8.28. The molecule has 0 amide bonds. The molecule has 176 valence electrons. The Bertz CT molecular complexity index is 1140. The largest absolute Gasteiger partial charge is 0.378 e. The number of aromatic nitrogens is 5. The number of aliphatic hydroxyl groups is 1. The number of halogens is 1. The normalized spacial score (nSPS) is 21.5. The summed E-state index contributed by atoms with van der Waals surface area (Å²) in [6.07, 6.45) is -0.432. The summed E-state index contributed by atoms with van der Waals surface area (Å²) in [6, 6.07) is 5.32. The number of alkyl halides is 1. The van der Waals surface area contributed by atoms with Crippen molar-refractivity contribution >= 4 is 17.4 Å². The van der Waals surface area contributed by atoms with Crippen molar-refractivity contribution in [1.82, 2.24) is 29.9 Å². The van der Waals surface area contributed by atoms with Crippen LogP contribution < -0.4 is 10.6 Å². The third kappa shape index (κ3) is 5.12. The van der Waals surface area contributed by atoms with E-state index in [1.807, 2.05) is 19.9 Å². The van der Waals surface area contributed by atoms with Gasteiger partial charge in [-0.15, -0.1) is 0 Å². The summed E-state index contributed by atoms with van der Waals surface area (Å²) in [4.78, 5) is 8.74. The van der Waals surface area contributed by atoms with E-state index in [1.54, 1.807) is 29.8 Å². The summed E-state index contributed by atoms with van der Waals surface area (Å²) >= 11 is 0. The fourth-order valence-electron chi connectivity index (χ4n) is 3.99. The number of H-pyrrole nitrogens is 1. The number of imidazole rings is 1. The third-order valence-corrected chi connectivity index (χ3v) is 5.43. The van der Waals surface area contributed by atoms with Crippen LogP contribution in [-0.2, 0) is 16.1 Å². The van der Waals surface area contributed by atoms with E-state index in [9.17, 15) is 10.4 Å². The Balaban J connectivity index is 1.49. The molecule has 1 aliphatic rings. The minimum Gasteiger partial charge on any atom is -0.378 e. The van der Waals surface area contributed by atoms with Gasteiger partial charge in [0.1, 0.15) is 23.6 Å². The molecule has 0 saturated heterocycles. The van der Waals surface area contributed by atoms with Crippen LogP contribution in [0.5, 0.6) is 0 Å². The van der Waals surface area contributed by atoms with Crippen LogP contribution in [0.3, 0.4) is 0 Å². The van der Waals surface area contributed by atoms with Gasteiger partial charge in [-0.25, -0.2) is 14.4 Å². The Hall–Kier alpha value is -3.11. The lowest BCUT2D eigenvalue weighted by Gasteiger charge is -2.22. The fraction of sp³-hybridized carbons (Fsp3) is 0.524. The van der Waals surface area contributed by atoms with Gasteiger partial charge in [0.2, 0.25) is 12.4 Å². The van der Waals surface area contributed by atoms with E-state index in [4.69, 9.17) is 9.47 Å². The second kappa shape index (κ2) is 9.80. The number of nitrogens with zero attached hydrogens (tertiary/aromatic N) is 5. The van der Waals surface area contributed by atoms with E-state index in [1.165, 1.54) is 0 Å². The number of methoxy groups -OCH3 is 1. The van der Waals surface area contributed by atoms with Crippen LogP contribution in [-0.4, -0.2) is 61.5 Å². The van der Waals surface area contributed by atoms with E-state index in [0.29, 0.717) is 48.2 Å². The molecule has 3 aromatic rings. The average molecular weight is 458 g/mol. The monoisotopic (exact) mass is 458 g/mol. The first-order chi connectivity index (χ1) is 15.9. The van der Waals surface area contributed by atoms with Crippen LogP contribution in [0.1, 0.15) is 49.7 Å². The lowest BCUT2D eigenvalue weighted by atomic mass is 10.0. The second-order valence-corrected chi connectivity index (χ2v) is 8.28. The number of aromatic amines is 1. The van der Waals surface area contributed by atoms with Crippen molar-refractivity contribution in [2.75, 3.05) is 12.4 Å². The molecule has 4 atom stereocenters. The van der Waals surface area contributed by atoms with Gasteiger partial charge in [0, 0.05) is 43.1 Å². The molecule has 1 saturated carbocycles. The number of nitrogens with one attached hydrogen (secondary N) is 3. The van der Waals surface area contributed by atoms with Crippen LogP contribution in [0.25, 0.3) is 5.65 Å². The molecule has 0 aliphatic heterocycles. The van der Waals surface area contributed by atoms with Gasteiger partial charge in [-0.2, -0.15) is 10.4 Å². The Kier molecular flexibility index (Phi) is 6.85. The number of hydrogen-bond donors (Lipinski definition) is 4. The standard InChI is InChI=1S/C21H27FN8O3/c1-11(2)24-21(31)33-16-5-4-14(19(16)22)15-7-17(29-28-15)27-20-26-12(8-23)6-18-25-13(10-32-3)9-30(18)20/h6-7,9,11,14,16,19,21,24,31H,4-5,10H2,1-3H3,(H2,26,27,28,29)/t14-,16-,19-,21?/m1/s1. The first kappa shape index (κ1) is 23.1. The van der Waals surface area contributed by atoms with Gasteiger partial charge >= 0.3 is 0 Å². The quantitative estimate of drug-likeness (QED) is 0.354. The zero-order valence-electron chi connectivity index (χ0n) is 18.6. The number of ether oxygens (including phenoxy) is 2. The Morgan fingerprint density at radius 1 is 1.36 bits per heavy atom. The molecule has 3 heterocycles. The molecule has 1 aliphatic carbocycles. The number of nitriles is 1.